The van der Waals surface area contributed by atoms with Gasteiger partial charge in [0.15, 0.2) is 0 Å². The number of carbonyl (C=O) groups is 3. The number of fused-ring (bicyclic) bond motifs is 1. The Morgan fingerprint density at radius 3 is 1.88 bits per heavy atom. The van der Waals surface area contributed by atoms with Gasteiger partial charge in [0, 0.05) is 36.9 Å². The Morgan fingerprint density at radius 1 is 0.738 bits per heavy atom. The molecule has 0 saturated heterocycles. The number of hydrogen-bond donors (Lipinski definition) is 2. The molecule has 0 spiro atoms. The van der Waals surface area contributed by atoms with Crippen LogP contribution in [0.15, 0.2) is 48.5 Å². The molecule has 7 nitrogen and oxygen atoms in total. The standard InChI is InChI=1S/C35H52N4O3/c1-4-7-8-9-10-11-12-13-14-17-30(39-34(41)31-18-15-16-19-32(31)35(39)42)24-25-36-29-22-20-28(21-23-29)33(40)37-26-27-38(5-2)6-3/h15-16,18-23,30,36H,4-14,17,24-27H2,1-3H3,(H,37,40). The molecule has 3 amide bonds. The predicted molar refractivity (Wildman–Crippen MR) is 172 cm³/mol. The highest BCUT2D eigenvalue weighted by molar-refractivity contribution is 6.21. The van der Waals surface area contributed by atoms with Crippen LogP contribution >= 0.6 is 0 Å². The minimum atomic E-state index is -0.173. The van der Waals surface area contributed by atoms with Crippen LogP contribution in [0.25, 0.3) is 0 Å². The number of nitrogens with one attached hydrogen (secondary N) is 2. The second-order valence-corrected chi connectivity index (χ2v) is 11.4. The average molecular weight is 577 g/mol. The Balaban J connectivity index is 1.50. The number of hydrogen-bond acceptors (Lipinski definition) is 5. The highest BCUT2D eigenvalue weighted by Crippen LogP contribution is 2.28. The van der Waals surface area contributed by atoms with Gasteiger partial charge >= 0.3 is 0 Å². The van der Waals surface area contributed by atoms with Crippen LogP contribution in [0.4, 0.5) is 5.69 Å². The molecule has 0 fully saturated rings. The van der Waals surface area contributed by atoms with Crippen LogP contribution < -0.4 is 10.6 Å². The molecule has 0 aromatic heterocycles. The van der Waals surface area contributed by atoms with E-state index in [9.17, 15) is 14.4 Å². The molecule has 1 unspecified atom stereocenters. The van der Waals surface area contributed by atoms with Gasteiger partial charge in [-0.2, -0.15) is 0 Å². The molecule has 1 aliphatic rings. The topological polar surface area (TPSA) is 81.8 Å². The van der Waals surface area contributed by atoms with Gasteiger partial charge < -0.3 is 15.5 Å². The van der Waals surface area contributed by atoms with E-state index in [0.29, 0.717) is 36.2 Å². The van der Waals surface area contributed by atoms with Crippen molar-refractivity contribution in [2.75, 3.05) is 38.0 Å². The van der Waals surface area contributed by atoms with Crippen LogP contribution in [0.2, 0.25) is 0 Å². The summed E-state index contributed by atoms with van der Waals surface area (Å²) in [5, 5.41) is 6.43. The minimum Gasteiger partial charge on any atom is -0.385 e. The Kier molecular flexibility index (Phi) is 14.6. The number of carbonyl (C=O) groups excluding carboxylic acids is 3. The molecule has 0 saturated carbocycles. The lowest BCUT2D eigenvalue weighted by Crippen LogP contribution is -2.41. The quantitative estimate of drug-likeness (QED) is 0.122. The van der Waals surface area contributed by atoms with Crippen molar-refractivity contribution in [1.82, 2.24) is 15.1 Å². The summed E-state index contributed by atoms with van der Waals surface area (Å²) in [5.74, 6) is -0.416. The third-order valence-electron chi connectivity index (χ3n) is 8.39. The third kappa shape index (κ3) is 9.97. The number of nitrogens with zero attached hydrogens (tertiary/aromatic N) is 2. The van der Waals surface area contributed by atoms with E-state index in [0.717, 1.165) is 44.6 Å². The summed E-state index contributed by atoms with van der Waals surface area (Å²) in [6.45, 7) is 10.5. The number of benzene rings is 2. The zero-order valence-electron chi connectivity index (χ0n) is 26.1. The number of unbranched alkanes of at least 4 members (excludes halogenated alkanes) is 8. The molecule has 0 bridgehead atoms. The fourth-order valence-electron chi connectivity index (χ4n) is 5.72. The molecule has 0 aliphatic carbocycles. The molecule has 1 heterocycles. The Labute approximate surface area is 253 Å². The van der Waals surface area contributed by atoms with Crippen LogP contribution in [0.1, 0.15) is 122 Å². The molecule has 2 N–H and O–H groups in total. The molecule has 1 aliphatic heterocycles. The predicted octanol–water partition coefficient (Wildman–Crippen LogP) is 7.15. The summed E-state index contributed by atoms with van der Waals surface area (Å²) < 4.78 is 0. The normalized spacial score (nSPS) is 13.5. The van der Waals surface area contributed by atoms with E-state index in [4.69, 9.17) is 0 Å². The van der Waals surface area contributed by atoms with Gasteiger partial charge in [0.25, 0.3) is 17.7 Å². The number of anilines is 1. The van der Waals surface area contributed by atoms with E-state index in [1.807, 2.05) is 36.4 Å². The van der Waals surface area contributed by atoms with Crippen molar-refractivity contribution in [2.45, 2.75) is 97.4 Å². The van der Waals surface area contributed by atoms with E-state index in [-0.39, 0.29) is 23.8 Å². The number of likely N-dealkylation sites (N-methyl/N-ethyl adjacent to an activating group) is 1. The summed E-state index contributed by atoms with van der Waals surface area (Å²) in [7, 11) is 0. The van der Waals surface area contributed by atoms with Crippen LogP contribution in [0.3, 0.4) is 0 Å². The molecule has 2 aromatic rings. The molecule has 3 rings (SSSR count). The molecule has 42 heavy (non-hydrogen) atoms. The van der Waals surface area contributed by atoms with Crippen LogP contribution in [-0.4, -0.2) is 66.3 Å². The molecule has 7 heteroatoms. The first kappa shape index (κ1) is 33.3. The summed E-state index contributed by atoms with van der Waals surface area (Å²) in [5.41, 5.74) is 2.57. The van der Waals surface area contributed by atoms with Gasteiger partial charge in [-0.05, 0) is 62.3 Å². The van der Waals surface area contributed by atoms with Crippen molar-refractivity contribution >= 4 is 23.4 Å². The van der Waals surface area contributed by atoms with E-state index in [2.05, 4.69) is 36.3 Å². The SMILES string of the molecule is CCCCCCCCCCCC(CCNc1ccc(C(=O)NCCN(CC)CC)cc1)N1C(=O)c2ccccc2C1=O. The van der Waals surface area contributed by atoms with E-state index < -0.39 is 0 Å². The largest absolute Gasteiger partial charge is 0.385 e. The van der Waals surface area contributed by atoms with Gasteiger partial charge in [-0.1, -0.05) is 90.7 Å². The fraction of sp³-hybridized carbons (Fsp3) is 0.571. The van der Waals surface area contributed by atoms with Crippen molar-refractivity contribution < 1.29 is 14.4 Å². The highest BCUT2D eigenvalue weighted by atomic mass is 16.2. The Bertz CT molecular complexity index is 1080. The molecular weight excluding hydrogens is 524 g/mol. The maximum atomic E-state index is 13.2. The van der Waals surface area contributed by atoms with Crippen molar-refractivity contribution in [1.29, 1.82) is 0 Å². The van der Waals surface area contributed by atoms with Crippen molar-refractivity contribution in [2.24, 2.45) is 0 Å². The third-order valence-corrected chi connectivity index (χ3v) is 8.39. The van der Waals surface area contributed by atoms with Crippen molar-refractivity contribution in [3.63, 3.8) is 0 Å². The van der Waals surface area contributed by atoms with Gasteiger partial charge in [0.2, 0.25) is 0 Å². The van der Waals surface area contributed by atoms with Crippen LogP contribution in [0, 0.1) is 0 Å². The maximum absolute atomic E-state index is 13.2. The average Bonchev–Trinajstić information content (AvgIpc) is 3.27. The van der Waals surface area contributed by atoms with Crippen LogP contribution in [-0.2, 0) is 0 Å². The van der Waals surface area contributed by atoms with Crippen molar-refractivity contribution in [3.8, 4) is 0 Å². The maximum Gasteiger partial charge on any atom is 0.261 e. The van der Waals surface area contributed by atoms with Crippen molar-refractivity contribution in [3.05, 3.63) is 65.2 Å². The lowest BCUT2D eigenvalue weighted by Gasteiger charge is -2.27. The Hall–Kier alpha value is -3.19. The first-order valence-corrected chi connectivity index (χ1v) is 16.3. The molecule has 0 radical (unpaired) electrons. The highest BCUT2D eigenvalue weighted by Gasteiger charge is 2.39. The second-order valence-electron chi connectivity index (χ2n) is 11.4. The molecular formula is C35H52N4O3. The molecule has 1 atom stereocenters. The number of imide groups is 1. The number of rotatable bonds is 21. The van der Waals surface area contributed by atoms with Crippen LogP contribution in [0.5, 0.6) is 0 Å². The summed E-state index contributed by atoms with van der Waals surface area (Å²) in [4.78, 5) is 42.8. The monoisotopic (exact) mass is 576 g/mol. The lowest BCUT2D eigenvalue weighted by molar-refractivity contribution is 0.0568. The molecule has 230 valence electrons. The minimum absolute atomic E-state index is 0.0691. The molecule has 2 aromatic carbocycles. The smallest absolute Gasteiger partial charge is 0.261 e. The fourth-order valence-corrected chi connectivity index (χ4v) is 5.72. The zero-order chi connectivity index (χ0) is 30.2. The van der Waals surface area contributed by atoms with E-state index in [1.165, 1.54) is 49.8 Å². The summed E-state index contributed by atoms with van der Waals surface area (Å²) in [6.07, 6.45) is 12.6. The van der Waals surface area contributed by atoms with E-state index >= 15 is 0 Å². The second kappa shape index (κ2) is 18.4. The lowest BCUT2D eigenvalue weighted by atomic mass is 10.0. The van der Waals surface area contributed by atoms with Gasteiger partial charge in [-0.15, -0.1) is 0 Å². The van der Waals surface area contributed by atoms with Gasteiger partial charge in [-0.25, -0.2) is 0 Å². The first-order chi connectivity index (χ1) is 20.5. The number of amides is 3. The zero-order valence-corrected chi connectivity index (χ0v) is 26.1. The summed E-state index contributed by atoms with van der Waals surface area (Å²) >= 11 is 0. The van der Waals surface area contributed by atoms with Gasteiger partial charge in [0.05, 0.1) is 11.1 Å². The first-order valence-electron chi connectivity index (χ1n) is 16.3. The van der Waals surface area contributed by atoms with Gasteiger partial charge in [-0.3, -0.25) is 19.3 Å². The van der Waals surface area contributed by atoms with Gasteiger partial charge in [0.1, 0.15) is 0 Å². The Morgan fingerprint density at radius 2 is 1.31 bits per heavy atom. The summed E-state index contributed by atoms with van der Waals surface area (Å²) in [6, 6.07) is 14.5. The van der Waals surface area contributed by atoms with E-state index in [1.54, 1.807) is 12.1 Å².